The molecule has 0 bridgehead atoms. The molecule has 9 heteroatoms. The minimum Gasteiger partial charge on any atom is -0.370 e. The normalized spacial score (nSPS) is 11.5. The van der Waals surface area contributed by atoms with Gasteiger partial charge in [0.1, 0.15) is 0 Å². The fourth-order valence-electron chi connectivity index (χ4n) is 0.927. The van der Waals surface area contributed by atoms with E-state index >= 15 is 0 Å². The smallest absolute Gasteiger partial charge is 0.245 e. The molecule has 0 aromatic heterocycles. The number of rotatable bonds is 7. The van der Waals surface area contributed by atoms with Gasteiger partial charge >= 0.3 is 0 Å². The summed E-state index contributed by atoms with van der Waals surface area (Å²) in [5.74, 6) is -0.970. The number of nitro groups is 1. The van der Waals surface area contributed by atoms with Crippen molar-refractivity contribution in [1.29, 1.82) is 5.41 Å². The quantitative estimate of drug-likeness (QED) is 0.108. The third-order valence-corrected chi connectivity index (χ3v) is 1.59. The molecule has 0 radical (unpaired) electrons. The van der Waals surface area contributed by atoms with Crippen LogP contribution in [0, 0.1) is 15.5 Å². The number of nitrogens with one attached hydrogen (secondary N) is 3. The van der Waals surface area contributed by atoms with Crippen molar-refractivity contribution in [2.45, 2.75) is 18.9 Å². The van der Waals surface area contributed by atoms with E-state index in [2.05, 4.69) is 5.32 Å². The molecule has 86 valence electrons. The van der Waals surface area contributed by atoms with Gasteiger partial charge in [0.15, 0.2) is 17.0 Å². The second-order valence-corrected chi connectivity index (χ2v) is 2.82. The minimum atomic E-state index is -1.01. The van der Waals surface area contributed by atoms with Gasteiger partial charge in [-0.3, -0.25) is 10.2 Å². The summed E-state index contributed by atoms with van der Waals surface area (Å²) in [4.78, 5) is 20.8. The lowest BCUT2D eigenvalue weighted by Gasteiger charge is -2.09. The highest BCUT2D eigenvalue weighted by Gasteiger charge is 2.18. The van der Waals surface area contributed by atoms with Crippen LogP contribution in [0.15, 0.2) is 0 Å². The molecule has 0 aliphatic heterocycles. The largest absolute Gasteiger partial charge is 0.370 e. The van der Waals surface area contributed by atoms with Crippen molar-refractivity contribution < 1.29 is 9.83 Å². The Morgan fingerprint density at radius 2 is 2.13 bits per heavy atom. The van der Waals surface area contributed by atoms with Gasteiger partial charge < -0.3 is 16.8 Å². The van der Waals surface area contributed by atoms with Crippen molar-refractivity contribution in [2.75, 3.05) is 6.54 Å². The maximum Gasteiger partial charge on any atom is 0.245 e. The third-order valence-electron chi connectivity index (χ3n) is 1.59. The Hall–Kier alpha value is -2.06. The Labute approximate surface area is 85.8 Å². The van der Waals surface area contributed by atoms with Gasteiger partial charge in [0.05, 0.1) is 0 Å². The van der Waals surface area contributed by atoms with Crippen molar-refractivity contribution >= 4 is 11.9 Å². The van der Waals surface area contributed by atoms with Crippen molar-refractivity contribution in [3.05, 3.63) is 10.1 Å². The molecule has 1 atom stereocenters. The number of carbonyl (C=O) groups excluding carboxylic acids is 1. The second kappa shape index (κ2) is 6.40. The van der Waals surface area contributed by atoms with Crippen LogP contribution >= 0.6 is 0 Å². The number of carbonyl (C=O) groups is 1. The van der Waals surface area contributed by atoms with Gasteiger partial charge in [-0.1, -0.05) is 0 Å². The average Bonchev–Trinajstić information content (AvgIpc) is 2.08. The molecule has 0 heterocycles. The number of nitrogens with two attached hydrogens (primary N) is 2. The predicted octanol–water partition coefficient (Wildman–Crippen LogP) is -2.12. The monoisotopic (exact) mass is 218 g/mol. The summed E-state index contributed by atoms with van der Waals surface area (Å²) >= 11 is 0. The zero-order valence-corrected chi connectivity index (χ0v) is 8.03. The lowest BCUT2D eigenvalue weighted by molar-refractivity contribution is -0.548. The van der Waals surface area contributed by atoms with Crippen LogP contribution in [-0.2, 0) is 4.79 Å². The van der Waals surface area contributed by atoms with E-state index in [4.69, 9.17) is 16.9 Å². The van der Waals surface area contributed by atoms with Gasteiger partial charge in [0.2, 0.25) is 5.91 Å². The molecule has 0 saturated carbocycles. The van der Waals surface area contributed by atoms with E-state index in [0.29, 0.717) is 13.0 Å². The van der Waals surface area contributed by atoms with Crippen molar-refractivity contribution in [1.82, 2.24) is 10.7 Å². The maximum atomic E-state index is 10.7. The van der Waals surface area contributed by atoms with Crippen LogP contribution in [0.2, 0.25) is 0 Å². The SMILES string of the molecule is N=C(N)NCCCC(N[N+](=O)[O-])C(N)=O. The molecule has 0 aromatic rings. The Bertz CT molecular complexity index is 255. The summed E-state index contributed by atoms with van der Waals surface area (Å²) in [5, 5.41) is 18.6. The van der Waals surface area contributed by atoms with E-state index in [9.17, 15) is 14.9 Å². The van der Waals surface area contributed by atoms with Gasteiger partial charge in [-0.2, -0.15) is 0 Å². The first-order valence-corrected chi connectivity index (χ1v) is 4.21. The molecule has 9 nitrogen and oxygen atoms in total. The van der Waals surface area contributed by atoms with Crippen LogP contribution in [-0.4, -0.2) is 29.5 Å². The van der Waals surface area contributed by atoms with Crippen LogP contribution in [0.3, 0.4) is 0 Å². The maximum absolute atomic E-state index is 10.7. The topological polar surface area (TPSA) is 160 Å². The van der Waals surface area contributed by atoms with Crippen LogP contribution in [0.5, 0.6) is 0 Å². The van der Waals surface area contributed by atoms with Crippen LogP contribution in [0.4, 0.5) is 0 Å². The summed E-state index contributed by atoms with van der Waals surface area (Å²) in [7, 11) is 0. The number of nitrogens with zero attached hydrogens (tertiary/aromatic N) is 1. The first-order chi connectivity index (χ1) is 6.93. The van der Waals surface area contributed by atoms with E-state index in [1.807, 2.05) is 0 Å². The van der Waals surface area contributed by atoms with E-state index in [0.717, 1.165) is 0 Å². The Balaban J connectivity index is 3.81. The molecule has 0 aliphatic carbocycles. The standard InChI is InChI=1S/C6H14N6O3/c7-5(13)4(11-12(14)15)2-1-3-10-6(8)9/h4,11H,1-3H2,(H2,7,13)(H4,8,9,10). The highest BCUT2D eigenvalue weighted by Crippen LogP contribution is 1.95. The molecule has 1 unspecified atom stereocenters. The van der Waals surface area contributed by atoms with Crippen molar-refractivity contribution in [2.24, 2.45) is 11.5 Å². The van der Waals surface area contributed by atoms with Gasteiger partial charge in [0.25, 0.3) is 0 Å². The fourth-order valence-corrected chi connectivity index (χ4v) is 0.927. The molecular formula is C6H14N6O3. The number of hydrazine groups is 1. The molecule has 0 saturated heterocycles. The minimum absolute atomic E-state index is 0.187. The summed E-state index contributed by atoms with van der Waals surface area (Å²) < 4.78 is 0. The van der Waals surface area contributed by atoms with Gasteiger partial charge in [0, 0.05) is 6.54 Å². The second-order valence-electron chi connectivity index (χ2n) is 2.82. The summed E-state index contributed by atoms with van der Waals surface area (Å²) in [6, 6.07) is -1.01. The molecule has 0 rings (SSSR count). The number of hydrogen-bond donors (Lipinski definition) is 5. The van der Waals surface area contributed by atoms with Crippen LogP contribution in [0.25, 0.3) is 0 Å². The Kier molecular flexibility index (Phi) is 5.52. The molecule has 1 amide bonds. The van der Waals surface area contributed by atoms with Gasteiger partial charge in [-0.05, 0) is 12.8 Å². The highest BCUT2D eigenvalue weighted by atomic mass is 16.7. The Morgan fingerprint density at radius 1 is 1.53 bits per heavy atom. The van der Waals surface area contributed by atoms with Crippen molar-refractivity contribution in [3.63, 3.8) is 0 Å². The van der Waals surface area contributed by atoms with E-state index < -0.39 is 17.0 Å². The predicted molar refractivity (Wildman–Crippen MR) is 52.3 cm³/mol. The highest BCUT2D eigenvalue weighted by molar-refractivity contribution is 5.79. The van der Waals surface area contributed by atoms with Crippen LogP contribution in [0.1, 0.15) is 12.8 Å². The van der Waals surface area contributed by atoms with Crippen LogP contribution < -0.4 is 22.2 Å². The molecule has 7 N–H and O–H groups in total. The van der Waals surface area contributed by atoms with Crippen molar-refractivity contribution in [3.8, 4) is 0 Å². The van der Waals surface area contributed by atoms with E-state index in [1.54, 1.807) is 5.43 Å². The van der Waals surface area contributed by atoms with Gasteiger partial charge in [-0.25, -0.2) is 10.1 Å². The zero-order valence-electron chi connectivity index (χ0n) is 8.03. The number of hydrogen-bond acceptors (Lipinski definition) is 4. The molecule has 0 aliphatic rings. The molecule has 0 aromatic carbocycles. The van der Waals surface area contributed by atoms with Gasteiger partial charge in [-0.15, -0.1) is 5.43 Å². The Morgan fingerprint density at radius 3 is 2.53 bits per heavy atom. The van der Waals surface area contributed by atoms with E-state index in [1.165, 1.54) is 0 Å². The molecule has 15 heavy (non-hydrogen) atoms. The third kappa shape index (κ3) is 7.05. The lowest BCUT2D eigenvalue weighted by Crippen LogP contribution is -2.44. The number of guanidine groups is 1. The first kappa shape index (κ1) is 12.9. The number of primary amides is 1. The summed E-state index contributed by atoms with van der Waals surface area (Å²) in [6.45, 7) is 0.360. The molecule has 0 fully saturated rings. The fraction of sp³-hybridized carbons (Fsp3) is 0.667. The zero-order chi connectivity index (χ0) is 11.8. The first-order valence-electron chi connectivity index (χ1n) is 4.21. The average molecular weight is 218 g/mol. The lowest BCUT2D eigenvalue weighted by atomic mass is 10.1. The summed E-state index contributed by atoms with van der Waals surface area (Å²) in [5.41, 5.74) is 11.7. The molecule has 0 spiro atoms. The molecular weight excluding hydrogens is 204 g/mol. The summed E-state index contributed by atoms with van der Waals surface area (Å²) in [6.07, 6.45) is 0.643. The van der Waals surface area contributed by atoms with E-state index in [-0.39, 0.29) is 12.4 Å². The number of amides is 1.